The van der Waals surface area contributed by atoms with E-state index < -0.39 is 0 Å². The van der Waals surface area contributed by atoms with Crippen LogP contribution < -0.4 is 16.8 Å². The van der Waals surface area contributed by atoms with Gasteiger partial charge in [0.05, 0.1) is 11.4 Å². The predicted molar refractivity (Wildman–Crippen MR) is 102 cm³/mol. The first-order valence-electron chi connectivity index (χ1n) is 7.94. The van der Waals surface area contributed by atoms with Gasteiger partial charge in [0, 0.05) is 17.4 Å². The first kappa shape index (κ1) is 15.0. The van der Waals surface area contributed by atoms with Gasteiger partial charge in [-0.3, -0.25) is 0 Å². The summed E-state index contributed by atoms with van der Waals surface area (Å²) >= 11 is 0. The quantitative estimate of drug-likeness (QED) is 0.499. The number of fused-ring (bicyclic) bond motifs is 1. The lowest BCUT2D eigenvalue weighted by Gasteiger charge is -2.06. The van der Waals surface area contributed by atoms with E-state index in [1.165, 1.54) is 0 Å². The summed E-state index contributed by atoms with van der Waals surface area (Å²) in [6, 6.07) is 17.5. The normalized spacial score (nSPS) is 10.9. The van der Waals surface area contributed by atoms with Crippen LogP contribution in [0.5, 0.6) is 0 Å². The molecule has 6 heteroatoms. The van der Waals surface area contributed by atoms with Crippen molar-refractivity contribution in [3.8, 4) is 11.1 Å². The molecule has 0 aliphatic carbocycles. The molecule has 0 saturated carbocycles. The average Bonchev–Trinajstić information content (AvgIpc) is 3.00. The lowest BCUT2D eigenvalue weighted by molar-refractivity contribution is 0.967. The van der Waals surface area contributed by atoms with Gasteiger partial charge in [0.1, 0.15) is 0 Å². The molecule has 4 aromatic rings. The molecule has 0 atom stereocenters. The van der Waals surface area contributed by atoms with Crippen LogP contribution in [0.2, 0.25) is 0 Å². The van der Waals surface area contributed by atoms with Crippen LogP contribution in [0.1, 0.15) is 5.56 Å². The second-order valence-electron chi connectivity index (χ2n) is 5.99. The number of aryl methyl sites for hydroxylation is 1. The van der Waals surface area contributed by atoms with Crippen LogP contribution in [-0.4, -0.2) is 14.6 Å². The van der Waals surface area contributed by atoms with Crippen LogP contribution >= 0.6 is 0 Å². The van der Waals surface area contributed by atoms with Gasteiger partial charge in [-0.15, -0.1) is 5.10 Å². The SMILES string of the molecule is Cc1ccc(N)c(Nc2nc3ccc(-c4ccc(N)cc4)cn3n2)c1. The molecule has 6 nitrogen and oxygen atoms in total. The molecule has 0 spiro atoms. The Morgan fingerprint density at radius 2 is 1.68 bits per heavy atom. The Kier molecular flexibility index (Phi) is 3.50. The highest BCUT2D eigenvalue weighted by molar-refractivity contribution is 5.72. The molecule has 0 aliphatic rings. The summed E-state index contributed by atoms with van der Waals surface area (Å²) in [4.78, 5) is 4.49. The van der Waals surface area contributed by atoms with Crippen molar-refractivity contribution in [1.29, 1.82) is 0 Å². The summed E-state index contributed by atoms with van der Waals surface area (Å²) in [5.74, 6) is 0.506. The molecule has 2 aromatic heterocycles. The monoisotopic (exact) mass is 330 g/mol. The number of benzene rings is 2. The van der Waals surface area contributed by atoms with Gasteiger partial charge in [-0.2, -0.15) is 4.98 Å². The third-order valence-electron chi connectivity index (χ3n) is 4.03. The van der Waals surface area contributed by atoms with Crippen molar-refractivity contribution in [3.63, 3.8) is 0 Å². The Labute approximate surface area is 145 Å². The molecule has 0 saturated heterocycles. The van der Waals surface area contributed by atoms with Crippen molar-refractivity contribution in [2.75, 3.05) is 16.8 Å². The van der Waals surface area contributed by atoms with Crippen molar-refractivity contribution in [2.24, 2.45) is 0 Å². The van der Waals surface area contributed by atoms with E-state index in [-0.39, 0.29) is 0 Å². The van der Waals surface area contributed by atoms with E-state index in [0.29, 0.717) is 11.6 Å². The Morgan fingerprint density at radius 3 is 2.48 bits per heavy atom. The summed E-state index contributed by atoms with van der Waals surface area (Å²) in [5, 5.41) is 7.68. The van der Waals surface area contributed by atoms with E-state index in [0.717, 1.165) is 33.7 Å². The van der Waals surface area contributed by atoms with Gasteiger partial charge in [-0.1, -0.05) is 18.2 Å². The largest absolute Gasteiger partial charge is 0.399 e. The fraction of sp³-hybridized carbons (Fsp3) is 0.0526. The van der Waals surface area contributed by atoms with Crippen molar-refractivity contribution >= 4 is 28.7 Å². The molecule has 25 heavy (non-hydrogen) atoms. The van der Waals surface area contributed by atoms with Gasteiger partial charge in [0.2, 0.25) is 5.95 Å². The van der Waals surface area contributed by atoms with Crippen LogP contribution in [0.15, 0.2) is 60.8 Å². The zero-order chi connectivity index (χ0) is 17.4. The van der Waals surface area contributed by atoms with E-state index in [1.807, 2.05) is 67.7 Å². The van der Waals surface area contributed by atoms with E-state index >= 15 is 0 Å². The van der Waals surface area contributed by atoms with E-state index in [1.54, 1.807) is 4.52 Å². The summed E-state index contributed by atoms with van der Waals surface area (Å²) in [6.07, 6.45) is 1.94. The van der Waals surface area contributed by atoms with Crippen molar-refractivity contribution < 1.29 is 0 Å². The number of rotatable bonds is 3. The van der Waals surface area contributed by atoms with Gasteiger partial charge in [-0.25, -0.2) is 4.52 Å². The van der Waals surface area contributed by atoms with Crippen LogP contribution in [0.4, 0.5) is 23.0 Å². The predicted octanol–water partition coefficient (Wildman–Crippen LogP) is 3.61. The second-order valence-corrected chi connectivity index (χ2v) is 5.99. The number of anilines is 4. The molecule has 0 radical (unpaired) electrons. The molecule has 2 heterocycles. The maximum absolute atomic E-state index is 6.01. The fourth-order valence-electron chi connectivity index (χ4n) is 2.68. The lowest BCUT2D eigenvalue weighted by Crippen LogP contribution is -1.98. The Balaban J connectivity index is 1.68. The third kappa shape index (κ3) is 2.97. The zero-order valence-corrected chi connectivity index (χ0v) is 13.8. The fourth-order valence-corrected chi connectivity index (χ4v) is 2.68. The molecule has 2 aromatic carbocycles. The number of nitrogens with zero attached hydrogens (tertiary/aromatic N) is 3. The van der Waals surface area contributed by atoms with Gasteiger partial charge < -0.3 is 16.8 Å². The average molecular weight is 330 g/mol. The highest BCUT2D eigenvalue weighted by atomic mass is 15.3. The summed E-state index contributed by atoms with van der Waals surface area (Å²) in [7, 11) is 0. The van der Waals surface area contributed by atoms with Gasteiger partial charge in [0.25, 0.3) is 0 Å². The smallest absolute Gasteiger partial charge is 0.247 e. The standard InChI is InChI=1S/C19H18N6/c1-12-2-8-16(21)17(10-12)22-19-23-18-9-5-14(11-25(18)24-19)13-3-6-15(20)7-4-13/h2-11H,20-21H2,1H3,(H,22,24). The van der Waals surface area contributed by atoms with Crippen LogP contribution in [0.3, 0.4) is 0 Å². The number of aromatic nitrogens is 3. The Bertz CT molecular complexity index is 1050. The number of pyridine rings is 1. The molecular weight excluding hydrogens is 312 g/mol. The minimum atomic E-state index is 0.506. The Hall–Kier alpha value is -3.54. The molecule has 0 aliphatic heterocycles. The van der Waals surface area contributed by atoms with E-state index in [2.05, 4.69) is 15.4 Å². The maximum Gasteiger partial charge on any atom is 0.247 e. The maximum atomic E-state index is 6.01. The molecule has 4 rings (SSSR count). The van der Waals surface area contributed by atoms with Crippen LogP contribution in [0, 0.1) is 6.92 Å². The second kappa shape index (κ2) is 5.83. The number of hydrogen-bond acceptors (Lipinski definition) is 5. The molecule has 0 bridgehead atoms. The first-order valence-corrected chi connectivity index (χ1v) is 7.94. The highest BCUT2D eigenvalue weighted by Gasteiger charge is 2.07. The summed E-state index contributed by atoms with van der Waals surface area (Å²) in [5.41, 5.74) is 17.9. The van der Waals surface area contributed by atoms with Crippen molar-refractivity contribution in [3.05, 3.63) is 66.4 Å². The van der Waals surface area contributed by atoms with Crippen LogP contribution in [-0.2, 0) is 0 Å². The first-order chi connectivity index (χ1) is 12.1. The minimum absolute atomic E-state index is 0.506. The Morgan fingerprint density at radius 1 is 0.920 bits per heavy atom. The summed E-state index contributed by atoms with van der Waals surface area (Å²) < 4.78 is 1.75. The minimum Gasteiger partial charge on any atom is -0.399 e. The zero-order valence-electron chi connectivity index (χ0n) is 13.8. The number of nitrogens with one attached hydrogen (secondary N) is 1. The number of hydrogen-bond donors (Lipinski definition) is 3. The molecule has 124 valence electrons. The lowest BCUT2D eigenvalue weighted by atomic mass is 10.1. The molecule has 0 unspecified atom stereocenters. The molecule has 0 fully saturated rings. The van der Waals surface area contributed by atoms with Crippen molar-refractivity contribution in [2.45, 2.75) is 6.92 Å². The number of nitrogen functional groups attached to an aromatic ring is 2. The summed E-state index contributed by atoms with van der Waals surface area (Å²) in [6.45, 7) is 2.01. The van der Waals surface area contributed by atoms with E-state index in [4.69, 9.17) is 11.5 Å². The third-order valence-corrected chi connectivity index (χ3v) is 4.03. The van der Waals surface area contributed by atoms with Crippen molar-refractivity contribution in [1.82, 2.24) is 14.6 Å². The molecule has 0 amide bonds. The molecular formula is C19H18N6. The number of nitrogens with two attached hydrogens (primary N) is 2. The van der Waals surface area contributed by atoms with E-state index in [9.17, 15) is 0 Å². The van der Waals surface area contributed by atoms with Crippen LogP contribution in [0.25, 0.3) is 16.8 Å². The topological polar surface area (TPSA) is 94.3 Å². The highest BCUT2D eigenvalue weighted by Crippen LogP contribution is 2.24. The van der Waals surface area contributed by atoms with Gasteiger partial charge >= 0.3 is 0 Å². The van der Waals surface area contributed by atoms with Gasteiger partial charge in [0.15, 0.2) is 5.65 Å². The van der Waals surface area contributed by atoms with Gasteiger partial charge in [-0.05, 0) is 54.4 Å². The molecule has 5 N–H and O–H groups in total.